The van der Waals surface area contributed by atoms with Gasteiger partial charge in [0, 0.05) is 29.3 Å². The molecule has 0 saturated heterocycles. The molecule has 0 spiro atoms. The summed E-state index contributed by atoms with van der Waals surface area (Å²) in [5, 5.41) is 2.87. The zero-order chi connectivity index (χ0) is 17.5. The van der Waals surface area contributed by atoms with Gasteiger partial charge in [0.15, 0.2) is 0 Å². The van der Waals surface area contributed by atoms with E-state index in [4.69, 9.17) is 0 Å². The zero-order valence-corrected chi connectivity index (χ0v) is 15.9. The van der Waals surface area contributed by atoms with Crippen LogP contribution in [0.15, 0.2) is 34.8 Å². The van der Waals surface area contributed by atoms with Crippen molar-refractivity contribution in [2.24, 2.45) is 0 Å². The van der Waals surface area contributed by atoms with E-state index in [9.17, 15) is 4.79 Å². The van der Waals surface area contributed by atoms with Gasteiger partial charge in [-0.15, -0.1) is 0 Å². The Morgan fingerprint density at radius 2 is 1.75 bits per heavy atom. The summed E-state index contributed by atoms with van der Waals surface area (Å²) in [6.07, 6.45) is 2.06. The van der Waals surface area contributed by atoms with Crippen molar-refractivity contribution in [3.05, 3.63) is 46.3 Å². The fraction of sp³-hybridized carbons (Fsp3) is 0.389. The normalized spacial score (nSPS) is 10.5. The molecule has 1 aromatic carbocycles. The van der Waals surface area contributed by atoms with E-state index in [-0.39, 0.29) is 5.91 Å². The summed E-state index contributed by atoms with van der Waals surface area (Å²) in [7, 11) is 0. The first-order valence-electron chi connectivity index (χ1n) is 8.21. The van der Waals surface area contributed by atoms with Crippen molar-refractivity contribution in [1.82, 2.24) is 9.97 Å². The smallest absolute Gasteiger partial charge is 0.274 e. The molecule has 1 amide bonds. The average molecular weight is 391 g/mol. The third-order valence-corrected chi connectivity index (χ3v) is 4.00. The van der Waals surface area contributed by atoms with Gasteiger partial charge >= 0.3 is 0 Å². The number of benzene rings is 1. The predicted octanol–water partition coefficient (Wildman–Crippen LogP) is 4.43. The number of anilines is 2. The first kappa shape index (κ1) is 18.4. The lowest BCUT2D eigenvalue weighted by Crippen LogP contribution is -2.27. The van der Waals surface area contributed by atoms with Gasteiger partial charge in [-0.1, -0.05) is 29.8 Å². The maximum absolute atomic E-state index is 12.5. The second-order valence-corrected chi connectivity index (χ2v) is 6.52. The fourth-order valence-electron chi connectivity index (χ4n) is 2.44. The van der Waals surface area contributed by atoms with Gasteiger partial charge in [0.1, 0.15) is 17.3 Å². The number of aryl methyl sites for hydroxylation is 1. The summed E-state index contributed by atoms with van der Waals surface area (Å²) in [5.41, 5.74) is 1.12. The molecule has 0 aliphatic carbocycles. The molecule has 0 aliphatic rings. The maximum atomic E-state index is 12.5. The van der Waals surface area contributed by atoms with E-state index >= 15 is 0 Å². The molecule has 1 N–H and O–H groups in total. The lowest BCUT2D eigenvalue weighted by atomic mass is 10.2. The number of hydrogen-bond acceptors (Lipinski definition) is 4. The van der Waals surface area contributed by atoms with Crippen LogP contribution >= 0.6 is 15.9 Å². The molecule has 5 nitrogen and oxygen atoms in total. The van der Waals surface area contributed by atoms with Crippen molar-refractivity contribution in [3.8, 4) is 0 Å². The Morgan fingerprint density at radius 3 is 2.33 bits per heavy atom. The highest BCUT2D eigenvalue weighted by Crippen LogP contribution is 2.17. The number of carbonyl (C=O) groups excluding carboxylic acids is 1. The van der Waals surface area contributed by atoms with Crippen molar-refractivity contribution in [2.45, 2.75) is 33.6 Å². The Balaban J connectivity index is 2.22. The molecule has 6 heteroatoms. The maximum Gasteiger partial charge on any atom is 0.274 e. The van der Waals surface area contributed by atoms with Gasteiger partial charge in [0.05, 0.1) is 0 Å². The molecule has 2 aromatic rings. The van der Waals surface area contributed by atoms with Crippen LogP contribution in [0.25, 0.3) is 0 Å². The van der Waals surface area contributed by atoms with Crippen LogP contribution in [-0.4, -0.2) is 29.0 Å². The lowest BCUT2D eigenvalue weighted by Gasteiger charge is -2.23. The zero-order valence-electron chi connectivity index (χ0n) is 14.3. The monoisotopic (exact) mass is 390 g/mol. The Kier molecular flexibility index (Phi) is 6.73. The van der Waals surface area contributed by atoms with Crippen LogP contribution < -0.4 is 10.2 Å². The van der Waals surface area contributed by atoms with Crippen LogP contribution in [0, 0.1) is 6.92 Å². The van der Waals surface area contributed by atoms with Gasteiger partial charge in [-0.2, -0.15) is 0 Å². The molecule has 0 radical (unpaired) electrons. The third kappa shape index (κ3) is 5.03. The summed E-state index contributed by atoms with van der Waals surface area (Å²) in [6, 6.07) is 9.23. The molecule has 1 heterocycles. The number of halogens is 1. The number of hydrogen-bond donors (Lipinski definition) is 1. The molecule has 0 bridgehead atoms. The average Bonchev–Trinajstić information content (AvgIpc) is 2.56. The van der Waals surface area contributed by atoms with Crippen LogP contribution in [0.1, 0.15) is 43.0 Å². The van der Waals surface area contributed by atoms with Gasteiger partial charge in [-0.05, 0) is 44.0 Å². The summed E-state index contributed by atoms with van der Waals surface area (Å²) in [5.74, 6) is 1.19. The summed E-state index contributed by atoms with van der Waals surface area (Å²) < 4.78 is 0.968. The van der Waals surface area contributed by atoms with E-state index in [2.05, 4.69) is 50.0 Å². The minimum Gasteiger partial charge on any atom is -0.357 e. The number of nitrogens with one attached hydrogen (secondary N) is 1. The van der Waals surface area contributed by atoms with E-state index in [0.29, 0.717) is 11.5 Å². The number of nitrogens with zero attached hydrogens (tertiary/aromatic N) is 3. The van der Waals surface area contributed by atoms with Gasteiger partial charge in [0.2, 0.25) is 0 Å². The Hall–Kier alpha value is -1.95. The van der Waals surface area contributed by atoms with Gasteiger partial charge in [0.25, 0.3) is 5.91 Å². The van der Waals surface area contributed by atoms with Crippen molar-refractivity contribution >= 4 is 33.3 Å². The molecule has 1 aromatic heterocycles. The number of carbonyl (C=O) groups is 1. The van der Waals surface area contributed by atoms with E-state index in [1.165, 1.54) is 0 Å². The number of rotatable bonds is 7. The Bertz CT molecular complexity index is 682. The van der Waals surface area contributed by atoms with Crippen LogP contribution in [0.2, 0.25) is 0 Å². The quantitative estimate of drug-likeness (QED) is 0.759. The fourth-order valence-corrected chi connectivity index (χ4v) is 2.70. The van der Waals surface area contributed by atoms with Crippen molar-refractivity contribution in [3.63, 3.8) is 0 Å². The van der Waals surface area contributed by atoms with Gasteiger partial charge in [-0.25, -0.2) is 9.97 Å². The van der Waals surface area contributed by atoms with Crippen LogP contribution in [0.4, 0.5) is 11.5 Å². The number of amides is 1. The molecule has 0 saturated carbocycles. The second-order valence-electron chi connectivity index (χ2n) is 5.61. The summed E-state index contributed by atoms with van der Waals surface area (Å²) >= 11 is 3.38. The van der Waals surface area contributed by atoms with Gasteiger partial charge in [-0.3, -0.25) is 4.79 Å². The summed E-state index contributed by atoms with van der Waals surface area (Å²) in [6.45, 7) is 7.92. The molecule has 0 aliphatic heterocycles. The molecule has 0 unspecified atom stereocenters. The van der Waals surface area contributed by atoms with Crippen LogP contribution in [0.3, 0.4) is 0 Å². The molecular weight excluding hydrogens is 368 g/mol. The van der Waals surface area contributed by atoms with E-state index in [0.717, 1.165) is 41.9 Å². The third-order valence-electron chi connectivity index (χ3n) is 3.47. The van der Waals surface area contributed by atoms with E-state index in [1.807, 2.05) is 31.2 Å². The van der Waals surface area contributed by atoms with Crippen molar-refractivity contribution < 1.29 is 4.79 Å². The molecule has 0 fully saturated rings. The van der Waals surface area contributed by atoms with E-state index in [1.54, 1.807) is 6.07 Å². The highest BCUT2D eigenvalue weighted by atomic mass is 79.9. The molecule has 128 valence electrons. The number of aromatic nitrogens is 2. The Morgan fingerprint density at radius 1 is 1.12 bits per heavy atom. The minimum absolute atomic E-state index is 0.225. The topological polar surface area (TPSA) is 58.1 Å². The van der Waals surface area contributed by atoms with Crippen molar-refractivity contribution in [1.29, 1.82) is 0 Å². The highest BCUT2D eigenvalue weighted by Gasteiger charge is 2.14. The highest BCUT2D eigenvalue weighted by molar-refractivity contribution is 9.10. The standard InChI is InChI=1S/C18H23BrN4O/c1-4-10-23(11-5-2)17-12-16(20-13(3)21-17)18(24)22-15-8-6-14(19)7-9-15/h6-9,12H,4-5,10-11H2,1-3H3,(H,22,24). The van der Waals surface area contributed by atoms with Crippen LogP contribution in [0.5, 0.6) is 0 Å². The first-order chi connectivity index (χ1) is 11.5. The largest absolute Gasteiger partial charge is 0.357 e. The van der Waals surface area contributed by atoms with Crippen LogP contribution in [-0.2, 0) is 0 Å². The lowest BCUT2D eigenvalue weighted by molar-refractivity contribution is 0.102. The second kappa shape index (κ2) is 8.78. The first-order valence-corrected chi connectivity index (χ1v) is 9.00. The van der Waals surface area contributed by atoms with Gasteiger partial charge < -0.3 is 10.2 Å². The minimum atomic E-state index is -0.225. The molecule has 24 heavy (non-hydrogen) atoms. The van der Waals surface area contributed by atoms with Crippen molar-refractivity contribution in [2.75, 3.05) is 23.3 Å². The molecular formula is C18H23BrN4O. The SMILES string of the molecule is CCCN(CCC)c1cc(C(=O)Nc2ccc(Br)cc2)nc(C)n1. The summed E-state index contributed by atoms with van der Waals surface area (Å²) in [4.78, 5) is 23.5. The Labute approximate surface area is 151 Å². The predicted molar refractivity (Wildman–Crippen MR) is 102 cm³/mol. The molecule has 2 rings (SSSR count). The molecule has 0 atom stereocenters. The van der Waals surface area contributed by atoms with E-state index < -0.39 is 0 Å².